The lowest BCUT2D eigenvalue weighted by Gasteiger charge is -2.17. The molecule has 1 unspecified atom stereocenters. The van der Waals surface area contributed by atoms with Crippen molar-refractivity contribution < 1.29 is 8.42 Å². The van der Waals surface area contributed by atoms with Crippen LogP contribution in [0.2, 0.25) is 4.34 Å². The molecule has 0 saturated heterocycles. The molecule has 4 nitrogen and oxygen atoms in total. The second-order valence-corrected chi connectivity index (χ2v) is 7.23. The Morgan fingerprint density at radius 3 is 2.56 bits per heavy atom. The van der Waals surface area contributed by atoms with E-state index in [1.54, 1.807) is 6.92 Å². The van der Waals surface area contributed by atoms with Crippen molar-refractivity contribution in [1.82, 2.24) is 4.31 Å². The monoisotopic (exact) mass is 278 g/mol. The number of hydrogen-bond acceptors (Lipinski definition) is 4. The molecule has 0 aliphatic heterocycles. The van der Waals surface area contributed by atoms with Crippen LogP contribution >= 0.6 is 22.9 Å². The van der Waals surface area contributed by atoms with Crippen LogP contribution in [0.5, 0.6) is 0 Å². The van der Waals surface area contributed by atoms with Crippen LogP contribution in [0.3, 0.4) is 0 Å². The van der Waals surface area contributed by atoms with Crippen molar-refractivity contribution in [3.63, 3.8) is 0 Å². The molecule has 1 atom stereocenters. The van der Waals surface area contributed by atoms with Crippen LogP contribution in [0.1, 0.15) is 12.5 Å². The van der Waals surface area contributed by atoms with E-state index in [0.717, 1.165) is 21.2 Å². The van der Waals surface area contributed by atoms with Gasteiger partial charge in [0.1, 0.15) is 10.3 Å². The minimum Gasteiger partial charge on any atom is -0.206 e. The van der Waals surface area contributed by atoms with E-state index < -0.39 is 16.1 Å². The van der Waals surface area contributed by atoms with Gasteiger partial charge in [0.05, 0.1) is 10.4 Å². The lowest BCUT2D eigenvalue weighted by molar-refractivity contribution is 0.443. The Balaban J connectivity index is 3.18. The Hall–Kier alpha value is -0.610. The van der Waals surface area contributed by atoms with Gasteiger partial charge < -0.3 is 0 Å². The van der Waals surface area contributed by atoms with E-state index in [9.17, 15) is 8.42 Å². The average molecular weight is 279 g/mol. The summed E-state index contributed by atoms with van der Waals surface area (Å²) in [4.78, 5) is 0. The quantitative estimate of drug-likeness (QED) is 0.852. The third-order valence-corrected chi connectivity index (χ3v) is 6.13. The molecule has 0 amide bonds. The molecule has 1 heterocycles. The van der Waals surface area contributed by atoms with E-state index in [2.05, 4.69) is 0 Å². The van der Waals surface area contributed by atoms with Crippen molar-refractivity contribution in [3.05, 3.63) is 16.0 Å². The molecule has 7 heteroatoms. The van der Waals surface area contributed by atoms with Gasteiger partial charge in [-0.3, -0.25) is 0 Å². The molecule has 1 aromatic heterocycles. The summed E-state index contributed by atoms with van der Waals surface area (Å²) in [6, 6.07) is 2.69. The minimum absolute atomic E-state index is 0.166. The van der Waals surface area contributed by atoms with Crippen LogP contribution in [0.25, 0.3) is 0 Å². The molecule has 1 aromatic rings. The summed E-state index contributed by atoms with van der Waals surface area (Å²) in [6.07, 6.45) is 0. The number of sulfonamides is 1. The summed E-state index contributed by atoms with van der Waals surface area (Å²) < 4.78 is 25.7. The number of halogens is 1. The molecule has 0 spiro atoms. The molecule has 0 aliphatic carbocycles. The fourth-order valence-corrected chi connectivity index (χ4v) is 4.16. The fraction of sp³-hybridized carbons (Fsp3) is 0.444. The molecule has 88 valence electrons. The van der Waals surface area contributed by atoms with Crippen molar-refractivity contribution in [2.24, 2.45) is 0 Å². The number of nitrogens with zero attached hydrogens (tertiary/aromatic N) is 2. The second-order valence-electron chi connectivity index (χ2n) is 3.35. The highest BCUT2D eigenvalue weighted by atomic mass is 35.5. The van der Waals surface area contributed by atoms with E-state index in [0.29, 0.717) is 4.34 Å². The predicted octanol–water partition coefficient (Wildman–Crippen LogP) is 2.24. The summed E-state index contributed by atoms with van der Waals surface area (Å²) in [5.74, 6) is 0. The predicted molar refractivity (Wildman–Crippen MR) is 64.1 cm³/mol. The van der Waals surface area contributed by atoms with E-state index >= 15 is 0 Å². The summed E-state index contributed by atoms with van der Waals surface area (Å²) in [5.41, 5.74) is 0.725. The van der Waals surface area contributed by atoms with Gasteiger partial charge >= 0.3 is 0 Å². The summed E-state index contributed by atoms with van der Waals surface area (Å²) >= 11 is 6.83. The van der Waals surface area contributed by atoms with Gasteiger partial charge in [-0.25, -0.2) is 8.42 Å². The third kappa shape index (κ3) is 2.38. The SMILES string of the molecule is Cc1cc(S(=O)(=O)N(C)C(C)C#N)sc1Cl. The maximum absolute atomic E-state index is 12.0. The van der Waals surface area contributed by atoms with Crippen LogP contribution in [0.4, 0.5) is 0 Å². The van der Waals surface area contributed by atoms with Crippen molar-refractivity contribution in [2.45, 2.75) is 24.1 Å². The first kappa shape index (κ1) is 13.5. The second kappa shape index (κ2) is 4.72. The fourth-order valence-electron chi connectivity index (χ4n) is 0.990. The van der Waals surface area contributed by atoms with Crippen LogP contribution in [-0.4, -0.2) is 25.8 Å². The molecule has 0 radical (unpaired) electrons. The molecule has 0 fully saturated rings. The molecular weight excluding hydrogens is 268 g/mol. The molecule has 1 rings (SSSR count). The smallest absolute Gasteiger partial charge is 0.206 e. The minimum atomic E-state index is -3.61. The number of thiophene rings is 1. The standard InChI is InChI=1S/C9H11ClN2O2S2/c1-6-4-8(15-9(6)10)16(13,14)12(3)7(2)5-11/h4,7H,1-3H3. The van der Waals surface area contributed by atoms with Gasteiger partial charge in [0.25, 0.3) is 10.0 Å². The third-order valence-electron chi connectivity index (χ3n) is 2.20. The molecule has 0 bridgehead atoms. The van der Waals surface area contributed by atoms with Gasteiger partial charge in [-0.2, -0.15) is 9.57 Å². The van der Waals surface area contributed by atoms with E-state index in [-0.39, 0.29) is 4.21 Å². The van der Waals surface area contributed by atoms with E-state index in [4.69, 9.17) is 16.9 Å². The zero-order chi connectivity index (χ0) is 12.5. The Morgan fingerprint density at radius 1 is 1.62 bits per heavy atom. The number of nitriles is 1. The Kier molecular flexibility index (Phi) is 3.97. The maximum atomic E-state index is 12.0. The Morgan fingerprint density at radius 2 is 2.19 bits per heavy atom. The first-order valence-electron chi connectivity index (χ1n) is 4.44. The van der Waals surface area contributed by atoms with E-state index in [1.807, 2.05) is 6.07 Å². The normalized spacial score (nSPS) is 13.8. The molecule has 0 aromatic carbocycles. The first-order chi connectivity index (χ1) is 7.30. The molecule has 16 heavy (non-hydrogen) atoms. The van der Waals surface area contributed by atoms with Gasteiger partial charge in [-0.15, -0.1) is 11.3 Å². The largest absolute Gasteiger partial charge is 0.253 e. The molecular formula is C9H11ClN2O2S2. The van der Waals surface area contributed by atoms with Crippen LogP contribution in [0, 0.1) is 18.3 Å². The first-order valence-corrected chi connectivity index (χ1v) is 7.07. The Labute approximate surface area is 104 Å². The molecule has 0 N–H and O–H groups in total. The molecule has 0 aliphatic rings. The van der Waals surface area contributed by atoms with Crippen molar-refractivity contribution in [3.8, 4) is 6.07 Å². The van der Waals surface area contributed by atoms with Gasteiger partial charge in [-0.05, 0) is 25.5 Å². The highest BCUT2D eigenvalue weighted by Gasteiger charge is 2.27. The number of hydrogen-bond donors (Lipinski definition) is 0. The Bertz CT molecular complexity index is 511. The van der Waals surface area contributed by atoms with Gasteiger partial charge in [0, 0.05) is 7.05 Å². The van der Waals surface area contributed by atoms with E-state index in [1.165, 1.54) is 20.0 Å². The maximum Gasteiger partial charge on any atom is 0.253 e. The van der Waals surface area contributed by atoms with Crippen molar-refractivity contribution in [1.29, 1.82) is 5.26 Å². The zero-order valence-corrected chi connectivity index (χ0v) is 11.4. The number of rotatable bonds is 3. The average Bonchev–Trinajstić information content (AvgIpc) is 2.57. The summed E-state index contributed by atoms with van der Waals surface area (Å²) in [5, 5.41) is 8.70. The highest BCUT2D eigenvalue weighted by molar-refractivity contribution is 7.91. The zero-order valence-electron chi connectivity index (χ0n) is 9.06. The van der Waals surface area contributed by atoms with Crippen LogP contribution in [0.15, 0.2) is 10.3 Å². The van der Waals surface area contributed by atoms with Gasteiger partial charge in [0.15, 0.2) is 0 Å². The lowest BCUT2D eigenvalue weighted by Crippen LogP contribution is -2.33. The molecule has 0 saturated carbocycles. The van der Waals surface area contributed by atoms with Gasteiger partial charge in [-0.1, -0.05) is 11.6 Å². The highest BCUT2D eigenvalue weighted by Crippen LogP contribution is 2.31. The lowest BCUT2D eigenvalue weighted by atomic mass is 10.4. The number of aryl methyl sites for hydroxylation is 1. The van der Waals surface area contributed by atoms with Crippen molar-refractivity contribution >= 4 is 33.0 Å². The van der Waals surface area contributed by atoms with Crippen LogP contribution < -0.4 is 0 Å². The summed E-state index contributed by atoms with van der Waals surface area (Å²) in [7, 11) is -2.23. The van der Waals surface area contributed by atoms with Gasteiger partial charge in [0.2, 0.25) is 0 Å². The van der Waals surface area contributed by atoms with Crippen LogP contribution in [-0.2, 0) is 10.0 Å². The van der Waals surface area contributed by atoms with Crippen molar-refractivity contribution in [2.75, 3.05) is 7.05 Å². The topological polar surface area (TPSA) is 61.2 Å². The summed E-state index contributed by atoms with van der Waals surface area (Å²) in [6.45, 7) is 3.27.